The van der Waals surface area contributed by atoms with Crippen LogP contribution in [0, 0.1) is 5.41 Å². The maximum absolute atomic E-state index is 12.3. The van der Waals surface area contributed by atoms with E-state index < -0.39 is 6.04 Å². The summed E-state index contributed by atoms with van der Waals surface area (Å²) in [7, 11) is 0. The van der Waals surface area contributed by atoms with E-state index in [4.69, 9.17) is 10.5 Å². The molecule has 1 amide bonds. The van der Waals surface area contributed by atoms with E-state index in [2.05, 4.69) is 33.1 Å². The predicted octanol–water partition coefficient (Wildman–Crippen LogP) is 3.13. The van der Waals surface area contributed by atoms with Crippen LogP contribution in [-0.4, -0.2) is 54.3 Å². The van der Waals surface area contributed by atoms with Gasteiger partial charge in [-0.1, -0.05) is 20.8 Å². The van der Waals surface area contributed by atoms with Gasteiger partial charge in [-0.2, -0.15) is 0 Å². The number of rotatable bonds is 5. The minimum Gasteiger partial charge on any atom is -0.379 e. The lowest BCUT2D eigenvalue weighted by atomic mass is 9.87. The fraction of sp³-hybridized carbons (Fsp3) is 0.550. The molecule has 3 rings (SSSR count). The van der Waals surface area contributed by atoms with Crippen molar-refractivity contribution in [2.24, 2.45) is 11.1 Å². The number of nitrogens with two attached hydrogens (primary N) is 1. The summed E-state index contributed by atoms with van der Waals surface area (Å²) in [4.78, 5) is 14.7. The zero-order chi connectivity index (χ0) is 18.7. The highest BCUT2D eigenvalue weighted by Gasteiger charge is 2.27. The van der Waals surface area contributed by atoms with Crippen LogP contribution in [-0.2, 0) is 16.1 Å². The van der Waals surface area contributed by atoms with Crippen LogP contribution in [0.25, 0.3) is 10.9 Å². The van der Waals surface area contributed by atoms with Gasteiger partial charge in [0.25, 0.3) is 0 Å². The molecule has 0 spiro atoms. The Labute approximate surface area is 179 Å². The quantitative estimate of drug-likeness (QED) is 0.763. The number of benzene rings is 1. The van der Waals surface area contributed by atoms with Gasteiger partial charge < -0.3 is 20.4 Å². The topological polar surface area (TPSA) is 72.5 Å². The molecule has 8 heteroatoms. The lowest BCUT2D eigenvalue weighted by molar-refractivity contribution is -0.119. The van der Waals surface area contributed by atoms with Crippen LogP contribution in [0.3, 0.4) is 0 Å². The van der Waals surface area contributed by atoms with Gasteiger partial charge in [0.05, 0.1) is 19.3 Å². The minimum atomic E-state index is -0.545. The van der Waals surface area contributed by atoms with Gasteiger partial charge in [0.2, 0.25) is 5.91 Å². The van der Waals surface area contributed by atoms with Crippen LogP contribution in [0.4, 0.5) is 5.69 Å². The van der Waals surface area contributed by atoms with E-state index in [1.54, 1.807) is 0 Å². The molecule has 28 heavy (non-hydrogen) atoms. The van der Waals surface area contributed by atoms with Crippen LogP contribution in [0.15, 0.2) is 30.5 Å². The average molecular weight is 431 g/mol. The number of hydrogen-bond donors (Lipinski definition) is 2. The summed E-state index contributed by atoms with van der Waals surface area (Å²) in [6.07, 6.45) is 2.11. The van der Waals surface area contributed by atoms with Gasteiger partial charge in [0.1, 0.15) is 0 Å². The lowest BCUT2D eigenvalue weighted by Gasteiger charge is -2.26. The smallest absolute Gasteiger partial charge is 0.241 e. The molecule has 0 aliphatic carbocycles. The Morgan fingerprint density at radius 2 is 1.86 bits per heavy atom. The summed E-state index contributed by atoms with van der Waals surface area (Å²) in [6.45, 7) is 11.5. The van der Waals surface area contributed by atoms with Crippen molar-refractivity contribution < 1.29 is 9.53 Å². The third-order valence-electron chi connectivity index (χ3n) is 5.01. The van der Waals surface area contributed by atoms with E-state index in [0.717, 1.165) is 50.5 Å². The third kappa shape index (κ3) is 6.09. The second kappa shape index (κ2) is 10.5. The summed E-state index contributed by atoms with van der Waals surface area (Å²) in [5, 5.41) is 4.06. The number of carbonyl (C=O) groups is 1. The Bertz CT molecular complexity index is 767. The molecule has 6 nitrogen and oxygen atoms in total. The molecule has 0 saturated carbocycles. The second-order valence-corrected chi connectivity index (χ2v) is 8.07. The van der Waals surface area contributed by atoms with Crippen molar-refractivity contribution >= 4 is 47.3 Å². The number of nitrogens with one attached hydrogen (secondary N) is 1. The van der Waals surface area contributed by atoms with E-state index in [1.807, 2.05) is 32.9 Å². The molecular weight excluding hydrogens is 399 g/mol. The van der Waals surface area contributed by atoms with Gasteiger partial charge in [-0.3, -0.25) is 9.69 Å². The number of aromatic nitrogens is 1. The van der Waals surface area contributed by atoms with Crippen LogP contribution in [0.5, 0.6) is 0 Å². The molecule has 1 atom stereocenters. The minimum absolute atomic E-state index is 0. The number of ether oxygens (including phenoxy) is 1. The van der Waals surface area contributed by atoms with Crippen LogP contribution >= 0.6 is 24.8 Å². The zero-order valence-corrected chi connectivity index (χ0v) is 18.4. The predicted molar refractivity (Wildman–Crippen MR) is 120 cm³/mol. The third-order valence-corrected chi connectivity index (χ3v) is 5.01. The van der Waals surface area contributed by atoms with Crippen molar-refractivity contribution in [2.75, 3.05) is 38.2 Å². The first-order valence-electron chi connectivity index (χ1n) is 9.30. The van der Waals surface area contributed by atoms with Crippen LogP contribution in [0.2, 0.25) is 0 Å². The Kier molecular flexibility index (Phi) is 9.24. The molecule has 2 heterocycles. The molecule has 1 aromatic carbocycles. The number of fused-ring (bicyclic) bond motifs is 1. The first-order valence-corrected chi connectivity index (χ1v) is 9.30. The Hall–Kier alpha value is -1.31. The first kappa shape index (κ1) is 24.7. The summed E-state index contributed by atoms with van der Waals surface area (Å²) in [5.74, 6) is -0.149. The second-order valence-electron chi connectivity index (χ2n) is 8.07. The number of hydrogen-bond acceptors (Lipinski definition) is 4. The van der Waals surface area contributed by atoms with Crippen molar-refractivity contribution in [3.05, 3.63) is 30.5 Å². The maximum Gasteiger partial charge on any atom is 0.241 e. The Morgan fingerprint density at radius 1 is 1.18 bits per heavy atom. The molecular formula is C20H32Cl2N4O2. The van der Waals surface area contributed by atoms with E-state index in [-0.39, 0.29) is 36.1 Å². The number of anilines is 1. The van der Waals surface area contributed by atoms with Gasteiger partial charge in [-0.05, 0) is 29.7 Å². The van der Waals surface area contributed by atoms with E-state index in [0.29, 0.717) is 0 Å². The molecule has 158 valence electrons. The van der Waals surface area contributed by atoms with E-state index >= 15 is 0 Å². The van der Waals surface area contributed by atoms with Gasteiger partial charge in [0, 0.05) is 49.0 Å². The maximum atomic E-state index is 12.3. The first-order chi connectivity index (χ1) is 12.3. The normalized spacial score (nSPS) is 16.1. The molecule has 1 saturated heterocycles. The van der Waals surface area contributed by atoms with Crippen molar-refractivity contribution in [3.8, 4) is 0 Å². The number of carbonyl (C=O) groups excluding carboxylic acids is 1. The molecule has 1 aliphatic rings. The van der Waals surface area contributed by atoms with Gasteiger partial charge in [0.15, 0.2) is 0 Å². The molecule has 2 aromatic rings. The Balaban J connectivity index is 0.00000196. The average Bonchev–Trinajstić information content (AvgIpc) is 3.01. The van der Waals surface area contributed by atoms with Gasteiger partial charge >= 0.3 is 0 Å². The summed E-state index contributed by atoms with van der Waals surface area (Å²) in [6, 6.07) is 7.56. The van der Waals surface area contributed by atoms with Gasteiger partial charge in [-0.15, -0.1) is 24.8 Å². The lowest BCUT2D eigenvalue weighted by Crippen LogP contribution is -2.45. The fourth-order valence-corrected chi connectivity index (χ4v) is 3.16. The number of morpholine rings is 1. The number of halogens is 2. The fourth-order valence-electron chi connectivity index (χ4n) is 3.16. The SMILES string of the molecule is CC(C)(C)[C@H](N)C(=O)Nc1ccc2c(ccn2CCN2CCOCC2)c1.Cl.Cl. The van der Waals surface area contributed by atoms with Gasteiger partial charge in [-0.25, -0.2) is 0 Å². The largest absolute Gasteiger partial charge is 0.379 e. The highest BCUT2D eigenvalue weighted by Crippen LogP contribution is 2.23. The zero-order valence-electron chi connectivity index (χ0n) is 16.8. The molecule has 0 radical (unpaired) electrons. The number of amides is 1. The molecule has 1 aromatic heterocycles. The molecule has 1 fully saturated rings. The van der Waals surface area contributed by atoms with E-state index in [9.17, 15) is 4.79 Å². The highest BCUT2D eigenvalue weighted by molar-refractivity contribution is 5.97. The Morgan fingerprint density at radius 3 is 2.50 bits per heavy atom. The van der Waals surface area contributed by atoms with Crippen molar-refractivity contribution in [2.45, 2.75) is 33.4 Å². The van der Waals surface area contributed by atoms with Crippen molar-refractivity contribution in [1.29, 1.82) is 0 Å². The van der Waals surface area contributed by atoms with Crippen molar-refractivity contribution in [1.82, 2.24) is 9.47 Å². The van der Waals surface area contributed by atoms with Crippen molar-refractivity contribution in [3.63, 3.8) is 0 Å². The molecule has 3 N–H and O–H groups in total. The molecule has 0 bridgehead atoms. The molecule has 1 aliphatic heterocycles. The van der Waals surface area contributed by atoms with Crippen LogP contribution in [0.1, 0.15) is 20.8 Å². The summed E-state index contributed by atoms with van der Waals surface area (Å²) < 4.78 is 7.66. The van der Waals surface area contributed by atoms with E-state index in [1.165, 1.54) is 5.52 Å². The standard InChI is InChI=1S/C20H30N4O2.2ClH/c1-20(2,3)18(21)19(25)22-16-4-5-17-15(14-16)6-7-24(17)9-8-23-10-12-26-13-11-23;;/h4-7,14,18H,8-13,21H2,1-3H3,(H,22,25);2*1H/t18-;;/m1../s1. The highest BCUT2D eigenvalue weighted by atomic mass is 35.5. The number of nitrogens with zero attached hydrogens (tertiary/aromatic N) is 2. The monoisotopic (exact) mass is 430 g/mol. The van der Waals surface area contributed by atoms with Crippen LogP contribution < -0.4 is 11.1 Å². The molecule has 0 unspecified atom stereocenters. The summed E-state index contributed by atoms with van der Waals surface area (Å²) in [5.41, 5.74) is 7.74. The summed E-state index contributed by atoms with van der Waals surface area (Å²) >= 11 is 0.